The molecule has 1 aliphatic rings. The van der Waals surface area contributed by atoms with E-state index in [4.69, 9.17) is 0 Å². The third-order valence-electron chi connectivity index (χ3n) is 4.48. The lowest BCUT2D eigenvalue weighted by molar-refractivity contribution is -0.121. The van der Waals surface area contributed by atoms with Gasteiger partial charge >= 0.3 is 0 Å². The van der Waals surface area contributed by atoms with E-state index in [2.05, 4.69) is 48.6 Å². The van der Waals surface area contributed by atoms with Crippen LogP contribution in [0.3, 0.4) is 0 Å². The number of nitrogens with one attached hydrogen (secondary N) is 2. The first-order valence-electron chi connectivity index (χ1n) is 8.89. The summed E-state index contributed by atoms with van der Waals surface area (Å²) in [7, 11) is 0. The van der Waals surface area contributed by atoms with Crippen molar-refractivity contribution in [2.75, 3.05) is 11.1 Å². The van der Waals surface area contributed by atoms with Gasteiger partial charge in [-0.25, -0.2) is 0 Å². The fraction of sp³-hybridized carbons (Fsp3) is 0.190. The molecule has 3 rings (SSSR count). The van der Waals surface area contributed by atoms with Gasteiger partial charge < -0.3 is 15.7 Å². The van der Waals surface area contributed by atoms with Crippen LogP contribution in [0.1, 0.15) is 23.5 Å². The van der Waals surface area contributed by atoms with Gasteiger partial charge in [-0.2, -0.15) is 5.26 Å². The number of aryl methyl sites for hydroxylation is 1. The molecule has 0 aliphatic carbocycles. The molecule has 0 bridgehead atoms. The van der Waals surface area contributed by atoms with Crippen LogP contribution in [0.25, 0.3) is 0 Å². The fourth-order valence-electron chi connectivity index (χ4n) is 2.98. The summed E-state index contributed by atoms with van der Waals surface area (Å²) in [5.41, 5.74) is 2.87. The summed E-state index contributed by atoms with van der Waals surface area (Å²) in [6.07, 6.45) is 0.103. The molecule has 1 heterocycles. The van der Waals surface area contributed by atoms with Gasteiger partial charge in [-0.1, -0.05) is 29.5 Å². The zero-order valence-electron chi connectivity index (χ0n) is 15.8. The second kappa shape index (κ2) is 9.69. The first-order valence-corrected chi connectivity index (χ1v) is 11.5. The molecule has 0 radical (unpaired) electrons. The zero-order chi connectivity index (χ0) is 21.8. The zero-order valence-corrected chi connectivity index (χ0v) is 19.8. The summed E-state index contributed by atoms with van der Waals surface area (Å²) < 4.78 is 0.920. The van der Waals surface area contributed by atoms with E-state index in [0.29, 0.717) is 30.8 Å². The molecule has 0 aromatic heterocycles. The molecule has 3 N–H and O–H groups in total. The van der Waals surface area contributed by atoms with E-state index in [9.17, 15) is 20.0 Å². The molecule has 9 heteroatoms. The van der Waals surface area contributed by atoms with Crippen LogP contribution in [0.2, 0.25) is 0 Å². The van der Waals surface area contributed by atoms with Crippen LogP contribution in [0.15, 0.2) is 55.9 Å². The Labute approximate surface area is 195 Å². The Balaban J connectivity index is 1.80. The number of halogens is 2. The molecule has 0 saturated heterocycles. The van der Waals surface area contributed by atoms with Crippen molar-refractivity contribution in [1.29, 1.82) is 5.26 Å². The minimum Gasteiger partial charge on any atom is -0.506 e. The van der Waals surface area contributed by atoms with Crippen molar-refractivity contribution < 1.29 is 14.7 Å². The Hall–Kier alpha value is -2.28. The number of hydrogen-bond donors (Lipinski definition) is 3. The lowest BCUT2D eigenvalue weighted by Crippen LogP contribution is -2.31. The Morgan fingerprint density at radius 3 is 2.53 bits per heavy atom. The molecule has 0 fully saturated rings. The number of thioether (sulfide) groups is 1. The maximum absolute atomic E-state index is 12.3. The van der Waals surface area contributed by atoms with Crippen LogP contribution >= 0.6 is 43.6 Å². The van der Waals surface area contributed by atoms with Crippen molar-refractivity contribution in [3.05, 3.63) is 67.1 Å². The summed E-state index contributed by atoms with van der Waals surface area (Å²) in [5, 5.41) is 25.6. The topological polar surface area (TPSA) is 102 Å². The number of aromatic hydroxyl groups is 1. The summed E-state index contributed by atoms with van der Waals surface area (Å²) in [4.78, 5) is 24.6. The predicted octanol–water partition coefficient (Wildman–Crippen LogP) is 4.94. The van der Waals surface area contributed by atoms with Crippen LogP contribution in [-0.4, -0.2) is 22.7 Å². The first-order chi connectivity index (χ1) is 14.3. The molecule has 0 unspecified atom stereocenters. The highest BCUT2D eigenvalue weighted by atomic mass is 79.9. The van der Waals surface area contributed by atoms with Crippen molar-refractivity contribution >= 4 is 61.1 Å². The van der Waals surface area contributed by atoms with Gasteiger partial charge in [0.05, 0.1) is 31.4 Å². The molecular weight excluding hydrogens is 534 g/mol. The number of anilines is 1. The van der Waals surface area contributed by atoms with Crippen LogP contribution in [0, 0.1) is 18.3 Å². The number of hydrogen-bond acceptors (Lipinski definition) is 5. The number of carbonyl (C=O) groups is 2. The van der Waals surface area contributed by atoms with Gasteiger partial charge in [-0.15, -0.1) is 0 Å². The number of benzene rings is 2. The van der Waals surface area contributed by atoms with Crippen molar-refractivity contribution in [3.8, 4) is 11.8 Å². The number of amides is 2. The lowest BCUT2D eigenvalue weighted by Gasteiger charge is -2.25. The van der Waals surface area contributed by atoms with Gasteiger partial charge in [0, 0.05) is 18.0 Å². The van der Waals surface area contributed by atoms with Gasteiger partial charge in [0.2, 0.25) is 11.8 Å². The number of carbonyl (C=O) groups excluding carboxylic acids is 2. The molecule has 30 heavy (non-hydrogen) atoms. The summed E-state index contributed by atoms with van der Waals surface area (Å²) >= 11 is 7.68. The second-order valence-corrected chi connectivity index (χ2v) is 9.39. The second-order valence-electron chi connectivity index (χ2n) is 6.70. The van der Waals surface area contributed by atoms with Crippen molar-refractivity contribution in [2.24, 2.45) is 0 Å². The van der Waals surface area contributed by atoms with E-state index >= 15 is 0 Å². The minimum atomic E-state index is -0.473. The molecule has 2 aromatic rings. The van der Waals surface area contributed by atoms with Gasteiger partial charge in [0.1, 0.15) is 5.75 Å². The maximum Gasteiger partial charge on any atom is 0.234 e. The van der Waals surface area contributed by atoms with E-state index in [1.165, 1.54) is 0 Å². The maximum atomic E-state index is 12.3. The number of phenols is 1. The molecule has 154 valence electrons. The third-order valence-corrected chi connectivity index (χ3v) is 6.71. The van der Waals surface area contributed by atoms with E-state index in [1.807, 2.05) is 31.2 Å². The summed E-state index contributed by atoms with van der Waals surface area (Å²) in [6.45, 7) is 1.96. The average Bonchev–Trinajstić information content (AvgIpc) is 2.71. The molecule has 2 amide bonds. The molecule has 2 aromatic carbocycles. The standard InChI is InChI=1S/C21H17Br2N3O3S/c1-11-2-4-13(5-3-11)25-19(28)10-30-21-15(9-24)14(8-18(27)26-21)12-6-16(22)20(29)17(23)7-12/h2-7,14,29H,8,10H2,1H3,(H,25,28)(H,26,27)/t14-/m1/s1. The van der Waals surface area contributed by atoms with Crippen LogP contribution in [0.5, 0.6) is 5.75 Å². The predicted molar refractivity (Wildman–Crippen MR) is 124 cm³/mol. The Morgan fingerprint density at radius 1 is 1.30 bits per heavy atom. The number of nitriles is 1. The Kier molecular flexibility index (Phi) is 7.23. The van der Waals surface area contributed by atoms with E-state index < -0.39 is 5.92 Å². The highest BCUT2D eigenvalue weighted by Gasteiger charge is 2.30. The molecular formula is C21H17Br2N3O3S. The third kappa shape index (κ3) is 5.25. The number of rotatable bonds is 5. The van der Waals surface area contributed by atoms with Crippen LogP contribution in [-0.2, 0) is 9.59 Å². The number of phenolic OH excluding ortho intramolecular Hbond substituents is 1. The van der Waals surface area contributed by atoms with Gasteiger partial charge in [-0.05, 0) is 68.6 Å². The van der Waals surface area contributed by atoms with E-state index in [1.54, 1.807) is 12.1 Å². The molecule has 0 spiro atoms. The van der Waals surface area contributed by atoms with Gasteiger partial charge in [-0.3, -0.25) is 9.59 Å². The fourth-order valence-corrected chi connectivity index (χ4v) is 5.07. The number of allylic oxidation sites excluding steroid dienone is 1. The highest BCUT2D eigenvalue weighted by Crippen LogP contribution is 2.41. The van der Waals surface area contributed by atoms with Crippen molar-refractivity contribution in [1.82, 2.24) is 5.32 Å². The molecule has 0 saturated carbocycles. The average molecular weight is 551 g/mol. The Bertz CT molecular complexity index is 1050. The summed E-state index contributed by atoms with van der Waals surface area (Å²) in [5.74, 6) is -0.853. The SMILES string of the molecule is Cc1ccc(NC(=O)CSC2=C(C#N)[C@@H](c3cc(Br)c(O)c(Br)c3)CC(=O)N2)cc1. The quantitative estimate of drug-likeness (QED) is 0.489. The monoisotopic (exact) mass is 549 g/mol. The normalized spacial score (nSPS) is 16.1. The largest absolute Gasteiger partial charge is 0.506 e. The number of nitrogens with zero attached hydrogens (tertiary/aromatic N) is 1. The van der Waals surface area contributed by atoms with Crippen LogP contribution < -0.4 is 10.6 Å². The highest BCUT2D eigenvalue weighted by molar-refractivity contribution is 9.11. The van der Waals surface area contributed by atoms with E-state index in [0.717, 1.165) is 17.3 Å². The summed E-state index contributed by atoms with van der Waals surface area (Å²) in [6, 6.07) is 13.0. The minimum absolute atomic E-state index is 0.0453. The van der Waals surface area contributed by atoms with Crippen molar-refractivity contribution in [2.45, 2.75) is 19.3 Å². The van der Waals surface area contributed by atoms with Crippen LogP contribution in [0.4, 0.5) is 5.69 Å². The van der Waals surface area contributed by atoms with Crippen molar-refractivity contribution in [3.63, 3.8) is 0 Å². The molecule has 1 atom stereocenters. The first kappa shape index (κ1) is 22.4. The Morgan fingerprint density at radius 2 is 1.93 bits per heavy atom. The van der Waals surface area contributed by atoms with Gasteiger partial charge in [0.15, 0.2) is 0 Å². The smallest absolute Gasteiger partial charge is 0.234 e. The molecule has 6 nitrogen and oxygen atoms in total. The lowest BCUT2D eigenvalue weighted by atomic mass is 9.87. The molecule has 1 aliphatic heterocycles. The van der Waals surface area contributed by atoms with E-state index in [-0.39, 0.29) is 29.7 Å². The van der Waals surface area contributed by atoms with Gasteiger partial charge in [0.25, 0.3) is 0 Å².